The van der Waals surface area contributed by atoms with Gasteiger partial charge in [0, 0.05) is 6.04 Å². The average molecular weight is 309 g/mol. The first kappa shape index (κ1) is 15.8. The van der Waals surface area contributed by atoms with Crippen LogP contribution in [0.3, 0.4) is 0 Å². The van der Waals surface area contributed by atoms with Gasteiger partial charge in [-0.3, -0.25) is 4.79 Å². The first-order chi connectivity index (χ1) is 11.3. The Hall–Kier alpha value is -2.13. The standard InChI is InChI=1S/C20H23NO2/c1-23-20(22)19(16-10-6-3-7-11-16)18-14-17(12-13-21-18)15-8-4-2-5-9-15/h2-11,17-19,21H,12-14H2,1H3. The molecule has 3 nitrogen and oxygen atoms in total. The van der Waals surface area contributed by atoms with Crippen LogP contribution in [0.5, 0.6) is 0 Å². The minimum atomic E-state index is -0.257. The molecule has 1 fully saturated rings. The Balaban J connectivity index is 1.83. The lowest BCUT2D eigenvalue weighted by Gasteiger charge is -2.34. The summed E-state index contributed by atoms with van der Waals surface area (Å²) in [6.45, 7) is 0.921. The van der Waals surface area contributed by atoms with Gasteiger partial charge in [0.05, 0.1) is 13.0 Å². The third-order valence-electron chi connectivity index (χ3n) is 4.72. The van der Waals surface area contributed by atoms with Gasteiger partial charge in [-0.15, -0.1) is 0 Å². The molecule has 3 rings (SSSR count). The Labute approximate surface area is 137 Å². The molecule has 2 aromatic rings. The van der Waals surface area contributed by atoms with Gasteiger partial charge in [0.25, 0.3) is 0 Å². The van der Waals surface area contributed by atoms with Crippen molar-refractivity contribution in [3.63, 3.8) is 0 Å². The molecule has 1 N–H and O–H groups in total. The van der Waals surface area contributed by atoms with Crippen molar-refractivity contribution in [2.45, 2.75) is 30.7 Å². The summed E-state index contributed by atoms with van der Waals surface area (Å²) in [7, 11) is 1.47. The van der Waals surface area contributed by atoms with Crippen molar-refractivity contribution in [2.24, 2.45) is 0 Å². The zero-order valence-electron chi connectivity index (χ0n) is 13.4. The molecule has 2 aromatic carbocycles. The van der Waals surface area contributed by atoms with E-state index in [2.05, 4.69) is 29.6 Å². The van der Waals surface area contributed by atoms with Gasteiger partial charge < -0.3 is 10.1 Å². The van der Waals surface area contributed by atoms with Gasteiger partial charge in [-0.2, -0.15) is 0 Å². The molecule has 1 aliphatic heterocycles. The Morgan fingerprint density at radius 2 is 1.74 bits per heavy atom. The van der Waals surface area contributed by atoms with Crippen molar-refractivity contribution in [3.05, 3.63) is 71.8 Å². The highest BCUT2D eigenvalue weighted by Crippen LogP contribution is 2.34. The number of carbonyl (C=O) groups excluding carboxylic acids is 1. The van der Waals surface area contributed by atoms with Crippen molar-refractivity contribution >= 4 is 5.97 Å². The minimum Gasteiger partial charge on any atom is -0.469 e. The molecule has 0 spiro atoms. The fourth-order valence-corrected chi connectivity index (χ4v) is 3.55. The van der Waals surface area contributed by atoms with Gasteiger partial charge in [0.15, 0.2) is 0 Å². The normalized spacial score (nSPS) is 22.3. The molecule has 0 radical (unpaired) electrons. The summed E-state index contributed by atoms with van der Waals surface area (Å²) in [5.41, 5.74) is 2.38. The van der Waals surface area contributed by atoms with E-state index in [0.29, 0.717) is 5.92 Å². The van der Waals surface area contributed by atoms with Crippen molar-refractivity contribution in [1.82, 2.24) is 5.32 Å². The Morgan fingerprint density at radius 1 is 1.09 bits per heavy atom. The maximum Gasteiger partial charge on any atom is 0.314 e. The van der Waals surface area contributed by atoms with Crippen LogP contribution in [0.25, 0.3) is 0 Å². The molecule has 3 unspecified atom stereocenters. The SMILES string of the molecule is COC(=O)C(c1ccccc1)C1CC(c2ccccc2)CCN1. The molecule has 3 heteroatoms. The molecule has 1 saturated heterocycles. The van der Waals surface area contributed by atoms with E-state index in [4.69, 9.17) is 4.74 Å². The lowest BCUT2D eigenvalue weighted by Crippen LogP contribution is -2.44. The van der Waals surface area contributed by atoms with Gasteiger partial charge in [-0.05, 0) is 36.4 Å². The number of rotatable bonds is 4. The predicted octanol–water partition coefficient (Wildman–Crippen LogP) is 3.48. The second kappa shape index (κ2) is 7.42. The van der Waals surface area contributed by atoms with Crippen LogP contribution >= 0.6 is 0 Å². The van der Waals surface area contributed by atoms with Crippen LogP contribution in [0.15, 0.2) is 60.7 Å². The quantitative estimate of drug-likeness (QED) is 0.879. The summed E-state index contributed by atoms with van der Waals surface area (Å²) in [4.78, 5) is 12.4. The number of benzene rings is 2. The first-order valence-corrected chi connectivity index (χ1v) is 8.20. The van der Waals surface area contributed by atoms with Crippen LogP contribution in [-0.2, 0) is 9.53 Å². The maximum absolute atomic E-state index is 12.4. The lowest BCUT2D eigenvalue weighted by molar-refractivity contribution is -0.143. The van der Waals surface area contributed by atoms with E-state index in [1.54, 1.807) is 0 Å². The fourth-order valence-electron chi connectivity index (χ4n) is 3.55. The fraction of sp³-hybridized carbons (Fsp3) is 0.350. The van der Waals surface area contributed by atoms with E-state index in [-0.39, 0.29) is 17.9 Å². The average Bonchev–Trinajstić information content (AvgIpc) is 2.64. The number of nitrogens with one attached hydrogen (secondary N) is 1. The van der Waals surface area contributed by atoms with Crippen LogP contribution in [0.2, 0.25) is 0 Å². The Morgan fingerprint density at radius 3 is 2.39 bits per heavy atom. The van der Waals surface area contributed by atoms with E-state index in [0.717, 1.165) is 24.9 Å². The summed E-state index contributed by atoms with van der Waals surface area (Å²) >= 11 is 0. The highest BCUT2D eigenvalue weighted by atomic mass is 16.5. The summed E-state index contributed by atoms with van der Waals surface area (Å²) in [6, 6.07) is 20.6. The number of hydrogen-bond acceptors (Lipinski definition) is 3. The molecular weight excluding hydrogens is 286 g/mol. The molecule has 0 aliphatic carbocycles. The summed E-state index contributed by atoms with van der Waals surface area (Å²) in [6.07, 6.45) is 2.04. The molecule has 0 saturated carbocycles. The number of piperidine rings is 1. The van der Waals surface area contributed by atoms with E-state index in [9.17, 15) is 4.79 Å². The monoisotopic (exact) mass is 309 g/mol. The van der Waals surface area contributed by atoms with Gasteiger partial charge in [-0.1, -0.05) is 60.7 Å². The number of ether oxygens (including phenoxy) is 1. The molecule has 0 bridgehead atoms. The Bertz CT molecular complexity index is 627. The predicted molar refractivity (Wildman–Crippen MR) is 91.4 cm³/mol. The molecule has 1 aliphatic rings. The van der Waals surface area contributed by atoms with E-state index < -0.39 is 0 Å². The number of esters is 1. The largest absolute Gasteiger partial charge is 0.469 e. The van der Waals surface area contributed by atoms with Crippen LogP contribution in [0.1, 0.15) is 35.8 Å². The highest BCUT2D eigenvalue weighted by molar-refractivity contribution is 5.79. The van der Waals surface area contributed by atoms with E-state index >= 15 is 0 Å². The van der Waals surface area contributed by atoms with Crippen LogP contribution in [-0.4, -0.2) is 25.7 Å². The Kier molecular flexibility index (Phi) is 5.09. The molecule has 23 heavy (non-hydrogen) atoms. The third-order valence-corrected chi connectivity index (χ3v) is 4.72. The summed E-state index contributed by atoms with van der Waals surface area (Å²) in [5, 5.41) is 3.53. The van der Waals surface area contributed by atoms with Crippen LogP contribution < -0.4 is 5.32 Å². The van der Waals surface area contributed by atoms with Crippen LogP contribution in [0, 0.1) is 0 Å². The van der Waals surface area contributed by atoms with Crippen molar-refractivity contribution < 1.29 is 9.53 Å². The van der Waals surface area contributed by atoms with Crippen molar-refractivity contribution in [3.8, 4) is 0 Å². The zero-order valence-corrected chi connectivity index (χ0v) is 13.4. The first-order valence-electron chi connectivity index (χ1n) is 8.20. The summed E-state index contributed by atoms with van der Waals surface area (Å²) in [5.74, 6) is 0.0634. The van der Waals surface area contributed by atoms with Gasteiger partial charge in [-0.25, -0.2) is 0 Å². The molecule has 1 heterocycles. The topological polar surface area (TPSA) is 38.3 Å². The molecular formula is C20H23NO2. The number of carbonyl (C=O) groups is 1. The zero-order chi connectivity index (χ0) is 16.1. The van der Waals surface area contributed by atoms with E-state index in [1.165, 1.54) is 12.7 Å². The van der Waals surface area contributed by atoms with Crippen molar-refractivity contribution in [1.29, 1.82) is 0 Å². The van der Waals surface area contributed by atoms with Crippen molar-refractivity contribution in [2.75, 3.05) is 13.7 Å². The molecule has 120 valence electrons. The third kappa shape index (κ3) is 3.62. The molecule has 0 aromatic heterocycles. The minimum absolute atomic E-state index is 0.101. The lowest BCUT2D eigenvalue weighted by atomic mass is 9.79. The second-order valence-electron chi connectivity index (χ2n) is 6.10. The highest BCUT2D eigenvalue weighted by Gasteiger charge is 2.34. The van der Waals surface area contributed by atoms with Crippen LogP contribution in [0.4, 0.5) is 0 Å². The molecule has 0 amide bonds. The maximum atomic E-state index is 12.4. The van der Waals surface area contributed by atoms with Gasteiger partial charge in [0.1, 0.15) is 0 Å². The number of methoxy groups -OCH3 is 1. The van der Waals surface area contributed by atoms with E-state index in [1.807, 2.05) is 36.4 Å². The smallest absolute Gasteiger partial charge is 0.314 e. The van der Waals surface area contributed by atoms with Gasteiger partial charge in [0.2, 0.25) is 0 Å². The van der Waals surface area contributed by atoms with Gasteiger partial charge >= 0.3 is 5.97 Å². The summed E-state index contributed by atoms with van der Waals surface area (Å²) < 4.78 is 5.08. The number of hydrogen-bond donors (Lipinski definition) is 1. The molecule has 3 atom stereocenters. The second-order valence-corrected chi connectivity index (χ2v) is 6.10.